The quantitative estimate of drug-likeness (QED) is 0.745. The van der Waals surface area contributed by atoms with Gasteiger partial charge in [0.05, 0.1) is 6.26 Å². The highest BCUT2D eigenvalue weighted by Crippen LogP contribution is 2.06. The molecule has 0 aromatic carbocycles. The summed E-state index contributed by atoms with van der Waals surface area (Å²) in [6.45, 7) is 0.214. The van der Waals surface area contributed by atoms with Crippen LogP contribution in [0.15, 0.2) is 22.8 Å². The summed E-state index contributed by atoms with van der Waals surface area (Å²) in [5.41, 5.74) is 0. The highest BCUT2D eigenvalue weighted by molar-refractivity contribution is 6.14. The number of hydrogen-bond donors (Lipinski definition) is 1. The molecular formula is C10H10N2O4. The average Bonchev–Trinajstić information content (AvgIpc) is 2.68. The third-order valence-electron chi connectivity index (χ3n) is 2.27. The second-order valence-corrected chi connectivity index (χ2v) is 3.40. The Morgan fingerprint density at radius 1 is 1.38 bits per heavy atom. The van der Waals surface area contributed by atoms with Crippen molar-refractivity contribution in [2.24, 2.45) is 0 Å². The maximum Gasteiger partial charge on any atom is 0.330 e. The van der Waals surface area contributed by atoms with Gasteiger partial charge in [0, 0.05) is 13.0 Å². The van der Waals surface area contributed by atoms with Gasteiger partial charge in [-0.15, -0.1) is 0 Å². The summed E-state index contributed by atoms with van der Waals surface area (Å²) in [6, 6.07) is 2.84. The van der Waals surface area contributed by atoms with E-state index in [2.05, 4.69) is 5.32 Å². The van der Waals surface area contributed by atoms with Gasteiger partial charge in [0.2, 0.25) is 11.8 Å². The van der Waals surface area contributed by atoms with E-state index in [4.69, 9.17) is 4.42 Å². The smallest absolute Gasteiger partial charge is 0.330 e. The van der Waals surface area contributed by atoms with Crippen molar-refractivity contribution in [1.82, 2.24) is 10.2 Å². The number of urea groups is 1. The molecule has 4 amide bonds. The van der Waals surface area contributed by atoms with Crippen LogP contribution in [-0.2, 0) is 16.0 Å². The van der Waals surface area contributed by atoms with E-state index in [0.717, 1.165) is 4.90 Å². The molecule has 84 valence electrons. The van der Waals surface area contributed by atoms with Gasteiger partial charge in [-0.1, -0.05) is 0 Å². The Labute approximate surface area is 91.2 Å². The average molecular weight is 222 g/mol. The van der Waals surface area contributed by atoms with E-state index in [9.17, 15) is 14.4 Å². The highest BCUT2D eigenvalue weighted by Gasteiger charge is 2.30. The van der Waals surface area contributed by atoms with E-state index >= 15 is 0 Å². The molecule has 0 saturated carbocycles. The number of amides is 4. The van der Waals surface area contributed by atoms with Crippen molar-refractivity contribution in [3.63, 3.8) is 0 Å². The predicted molar refractivity (Wildman–Crippen MR) is 52.3 cm³/mol. The van der Waals surface area contributed by atoms with Gasteiger partial charge in [-0.3, -0.25) is 19.8 Å². The van der Waals surface area contributed by atoms with Gasteiger partial charge in [0.1, 0.15) is 12.2 Å². The van der Waals surface area contributed by atoms with Crippen LogP contribution >= 0.6 is 0 Å². The molecular weight excluding hydrogens is 212 g/mol. The molecule has 0 bridgehead atoms. The monoisotopic (exact) mass is 222 g/mol. The minimum Gasteiger partial charge on any atom is -0.469 e. The van der Waals surface area contributed by atoms with Crippen molar-refractivity contribution in [3.8, 4) is 0 Å². The Bertz CT molecular complexity index is 404. The van der Waals surface area contributed by atoms with Crippen LogP contribution in [0, 0.1) is 0 Å². The SMILES string of the molecule is O=C1CC(=O)N(CCc2ccco2)C(=O)N1. The lowest BCUT2D eigenvalue weighted by Crippen LogP contribution is -2.53. The lowest BCUT2D eigenvalue weighted by molar-refractivity contribution is -0.136. The molecule has 0 radical (unpaired) electrons. The molecule has 2 rings (SSSR count). The molecule has 1 aromatic rings. The fraction of sp³-hybridized carbons (Fsp3) is 0.300. The summed E-state index contributed by atoms with van der Waals surface area (Å²) in [5.74, 6) is -0.331. The third-order valence-corrected chi connectivity index (χ3v) is 2.27. The van der Waals surface area contributed by atoms with E-state index in [1.165, 1.54) is 6.26 Å². The largest absolute Gasteiger partial charge is 0.469 e. The van der Waals surface area contributed by atoms with Crippen LogP contribution in [0.5, 0.6) is 0 Å². The molecule has 1 aliphatic rings. The Hall–Kier alpha value is -2.11. The van der Waals surface area contributed by atoms with Crippen LogP contribution in [0.4, 0.5) is 4.79 Å². The van der Waals surface area contributed by atoms with Gasteiger partial charge in [-0.2, -0.15) is 0 Å². The van der Waals surface area contributed by atoms with Crippen molar-refractivity contribution in [1.29, 1.82) is 0 Å². The van der Waals surface area contributed by atoms with Crippen molar-refractivity contribution in [2.45, 2.75) is 12.8 Å². The molecule has 0 unspecified atom stereocenters. The second-order valence-electron chi connectivity index (χ2n) is 3.40. The first kappa shape index (κ1) is 10.4. The lowest BCUT2D eigenvalue weighted by atomic mass is 10.2. The van der Waals surface area contributed by atoms with Crippen LogP contribution in [0.2, 0.25) is 0 Å². The van der Waals surface area contributed by atoms with Crippen molar-refractivity contribution >= 4 is 17.8 Å². The number of furan rings is 1. The van der Waals surface area contributed by atoms with E-state index < -0.39 is 17.8 Å². The molecule has 1 aliphatic heterocycles. The number of nitrogens with one attached hydrogen (secondary N) is 1. The molecule has 0 spiro atoms. The molecule has 0 atom stereocenters. The standard InChI is InChI=1S/C10H10N2O4/c13-8-6-9(14)12(10(15)11-8)4-3-7-2-1-5-16-7/h1-2,5H,3-4,6H2,(H,11,13,15). The molecule has 1 fully saturated rings. The highest BCUT2D eigenvalue weighted by atomic mass is 16.3. The number of imide groups is 2. The summed E-state index contributed by atoms with van der Waals surface area (Å²) >= 11 is 0. The van der Waals surface area contributed by atoms with Crippen LogP contribution < -0.4 is 5.32 Å². The molecule has 6 heteroatoms. The van der Waals surface area contributed by atoms with Crippen molar-refractivity contribution in [3.05, 3.63) is 24.2 Å². The first-order valence-electron chi connectivity index (χ1n) is 4.83. The maximum absolute atomic E-state index is 11.4. The van der Waals surface area contributed by atoms with Crippen molar-refractivity contribution in [2.75, 3.05) is 6.54 Å². The summed E-state index contributed by atoms with van der Waals surface area (Å²) in [4.78, 5) is 34.6. The Kier molecular flexibility index (Phi) is 2.72. The zero-order chi connectivity index (χ0) is 11.5. The summed E-state index contributed by atoms with van der Waals surface area (Å²) in [6.07, 6.45) is 1.70. The maximum atomic E-state index is 11.4. The summed E-state index contributed by atoms with van der Waals surface area (Å²) in [7, 11) is 0. The third kappa shape index (κ3) is 2.10. The molecule has 0 aliphatic carbocycles. The predicted octanol–water partition coefficient (Wildman–Crippen LogP) is 0.291. The first-order chi connectivity index (χ1) is 7.66. The minimum atomic E-state index is -0.659. The summed E-state index contributed by atoms with van der Waals surface area (Å²) in [5, 5.41) is 2.09. The lowest BCUT2D eigenvalue weighted by Gasteiger charge is -2.24. The zero-order valence-corrected chi connectivity index (χ0v) is 8.43. The Morgan fingerprint density at radius 2 is 2.19 bits per heavy atom. The molecule has 16 heavy (non-hydrogen) atoms. The summed E-state index contributed by atoms with van der Waals surface area (Å²) < 4.78 is 5.08. The van der Waals surface area contributed by atoms with Crippen LogP contribution in [0.25, 0.3) is 0 Å². The minimum absolute atomic E-state index is 0.214. The number of hydrogen-bond acceptors (Lipinski definition) is 4. The van der Waals surface area contributed by atoms with Gasteiger partial charge >= 0.3 is 6.03 Å². The molecule has 1 aromatic heterocycles. The first-order valence-corrected chi connectivity index (χ1v) is 4.83. The molecule has 1 N–H and O–H groups in total. The molecule has 1 saturated heterocycles. The van der Waals surface area contributed by atoms with E-state index in [1.807, 2.05) is 0 Å². The zero-order valence-electron chi connectivity index (χ0n) is 8.43. The number of carbonyl (C=O) groups excluding carboxylic acids is 3. The molecule has 6 nitrogen and oxygen atoms in total. The van der Waals surface area contributed by atoms with Crippen LogP contribution in [-0.4, -0.2) is 29.3 Å². The molecule has 2 heterocycles. The van der Waals surface area contributed by atoms with Crippen LogP contribution in [0.1, 0.15) is 12.2 Å². The van der Waals surface area contributed by atoms with E-state index in [0.29, 0.717) is 12.2 Å². The van der Waals surface area contributed by atoms with Gasteiger partial charge in [0.25, 0.3) is 0 Å². The van der Waals surface area contributed by atoms with Gasteiger partial charge in [0.15, 0.2) is 0 Å². The normalized spacial score (nSPS) is 16.5. The van der Waals surface area contributed by atoms with Crippen LogP contribution in [0.3, 0.4) is 0 Å². The fourth-order valence-electron chi connectivity index (χ4n) is 1.48. The van der Waals surface area contributed by atoms with Gasteiger partial charge < -0.3 is 4.42 Å². The second kappa shape index (κ2) is 4.18. The van der Waals surface area contributed by atoms with Gasteiger partial charge in [-0.25, -0.2) is 4.79 Å². The Morgan fingerprint density at radius 3 is 2.81 bits per heavy atom. The van der Waals surface area contributed by atoms with E-state index in [-0.39, 0.29) is 13.0 Å². The van der Waals surface area contributed by atoms with Gasteiger partial charge in [-0.05, 0) is 12.1 Å². The topological polar surface area (TPSA) is 79.6 Å². The number of carbonyl (C=O) groups is 3. The Balaban J connectivity index is 1.96. The van der Waals surface area contributed by atoms with Crippen molar-refractivity contribution < 1.29 is 18.8 Å². The number of barbiturate groups is 1. The van der Waals surface area contributed by atoms with E-state index in [1.54, 1.807) is 12.1 Å². The fourth-order valence-corrected chi connectivity index (χ4v) is 1.48. The number of rotatable bonds is 3. The number of nitrogens with zero attached hydrogens (tertiary/aromatic N) is 1.